The van der Waals surface area contributed by atoms with E-state index in [1.807, 2.05) is 6.07 Å². The molecule has 0 aliphatic rings. The number of rotatable bonds is 4. The van der Waals surface area contributed by atoms with Crippen molar-refractivity contribution >= 4 is 22.5 Å². The minimum absolute atomic E-state index is 0.0600. The van der Waals surface area contributed by atoms with Gasteiger partial charge in [-0.25, -0.2) is 0 Å². The van der Waals surface area contributed by atoms with Crippen LogP contribution < -0.4 is 5.73 Å². The Kier molecular flexibility index (Phi) is 4.05. The molecule has 0 radical (unpaired) electrons. The van der Waals surface area contributed by atoms with Crippen molar-refractivity contribution in [1.29, 1.82) is 0 Å². The summed E-state index contributed by atoms with van der Waals surface area (Å²) in [6.45, 7) is 0. The van der Waals surface area contributed by atoms with Gasteiger partial charge in [-0.1, -0.05) is 54.6 Å². The zero-order valence-electron chi connectivity index (χ0n) is 11.2. The van der Waals surface area contributed by atoms with Crippen LogP contribution in [0.15, 0.2) is 77.7 Å². The van der Waals surface area contributed by atoms with Gasteiger partial charge in [-0.2, -0.15) is 0 Å². The Labute approximate surface area is 123 Å². The lowest BCUT2D eigenvalue weighted by atomic mass is 10.0. The Hall–Kier alpha value is -1.77. The van der Waals surface area contributed by atoms with E-state index < -0.39 is 0 Å². The summed E-state index contributed by atoms with van der Waals surface area (Å²) in [6.07, 6.45) is 0. The molecule has 3 aromatic rings. The number of hydrogen-bond donors (Lipinski definition) is 1. The lowest BCUT2D eigenvalue weighted by molar-refractivity contribution is 0.833. The first kappa shape index (κ1) is 13.2. The van der Waals surface area contributed by atoms with Crippen LogP contribution in [-0.2, 0) is 0 Å². The Bertz CT molecular complexity index is 694. The highest BCUT2D eigenvalue weighted by atomic mass is 32.2. The van der Waals surface area contributed by atoms with Crippen LogP contribution in [0, 0.1) is 0 Å². The van der Waals surface area contributed by atoms with Crippen LogP contribution in [-0.4, -0.2) is 5.75 Å². The third-order valence-corrected chi connectivity index (χ3v) is 4.51. The van der Waals surface area contributed by atoms with E-state index in [0.717, 1.165) is 5.75 Å². The maximum atomic E-state index is 6.31. The highest BCUT2D eigenvalue weighted by molar-refractivity contribution is 7.99. The number of fused-ring (bicyclic) bond motifs is 1. The molecule has 3 aromatic carbocycles. The molecule has 1 nitrogen and oxygen atoms in total. The van der Waals surface area contributed by atoms with Crippen LogP contribution in [0.1, 0.15) is 11.6 Å². The van der Waals surface area contributed by atoms with E-state index in [2.05, 4.69) is 66.7 Å². The summed E-state index contributed by atoms with van der Waals surface area (Å²) in [6, 6.07) is 25.3. The van der Waals surface area contributed by atoms with Crippen molar-refractivity contribution in [3.63, 3.8) is 0 Å². The fraction of sp³-hybridized carbons (Fsp3) is 0.111. The molecule has 0 spiro atoms. The molecule has 1 unspecified atom stereocenters. The number of nitrogens with two attached hydrogens (primary N) is 1. The van der Waals surface area contributed by atoms with Gasteiger partial charge in [-0.05, 0) is 34.5 Å². The Morgan fingerprint density at radius 1 is 0.800 bits per heavy atom. The summed E-state index contributed by atoms with van der Waals surface area (Å²) in [7, 11) is 0. The van der Waals surface area contributed by atoms with E-state index in [4.69, 9.17) is 5.73 Å². The highest BCUT2D eigenvalue weighted by Crippen LogP contribution is 2.25. The first-order valence-corrected chi connectivity index (χ1v) is 7.73. The Morgan fingerprint density at radius 3 is 2.30 bits per heavy atom. The van der Waals surface area contributed by atoms with Crippen LogP contribution in [0.5, 0.6) is 0 Å². The molecule has 0 fully saturated rings. The van der Waals surface area contributed by atoms with Crippen molar-refractivity contribution in [2.24, 2.45) is 5.73 Å². The zero-order chi connectivity index (χ0) is 13.8. The third kappa shape index (κ3) is 3.03. The molecule has 0 aromatic heterocycles. The minimum Gasteiger partial charge on any atom is -0.323 e. The van der Waals surface area contributed by atoms with Gasteiger partial charge in [-0.3, -0.25) is 0 Å². The van der Waals surface area contributed by atoms with Crippen molar-refractivity contribution in [3.8, 4) is 0 Å². The topological polar surface area (TPSA) is 26.0 Å². The third-order valence-electron chi connectivity index (χ3n) is 3.37. The molecular weight excluding hydrogens is 262 g/mol. The SMILES string of the molecule is NC(CSc1ccccc1)c1ccc2ccccc2c1. The molecule has 0 aliphatic carbocycles. The molecule has 1 atom stereocenters. The summed E-state index contributed by atoms with van der Waals surface area (Å²) < 4.78 is 0. The molecule has 0 aliphatic heterocycles. The fourth-order valence-corrected chi connectivity index (χ4v) is 3.15. The van der Waals surface area contributed by atoms with E-state index in [1.165, 1.54) is 21.2 Å². The van der Waals surface area contributed by atoms with Crippen molar-refractivity contribution in [2.75, 3.05) is 5.75 Å². The average Bonchev–Trinajstić information content (AvgIpc) is 2.53. The summed E-state index contributed by atoms with van der Waals surface area (Å²) >= 11 is 1.80. The summed E-state index contributed by atoms with van der Waals surface area (Å²) in [5, 5.41) is 2.52. The van der Waals surface area contributed by atoms with Crippen molar-refractivity contribution in [2.45, 2.75) is 10.9 Å². The maximum Gasteiger partial charge on any atom is 0.0390 e. The van der Waals surface area contributed by atoms with E-state index >= 15 is 0 Å². The van der Waals surface area contributed by atoms with Crippen LogP contribution in [0.2, 0.25) is 0 Å². The normalized spacial score (nSPS) is 12.4. The van der Waals surface area contributed by atoms with Crippen molar-refractivity contribution < 1.29 is 0 Å². The molecule has 0 heterocycles. The van der Waals surface area contributed by atoms with E-state index in [0.29, 0.717) is 0 Å². The monoisotopic (exact) mass is 279 g/mol. The molecule has 0 saturated carbocycles. The van der Waals surface area contributed by atoms with Crippen molar-refractivity contribution in [3.05, 3.63) is 78.4 Å². The van der Waals surface area contributed by atoms with Gasteiger partial charge in [0.15, 0.2) is 0 Å². The maximum absolute atomic E-state index is 6.31. The molecular formula is C18H17NS. The van der Waals surface area contributed by atoms with E-state index in [-0.39, 0.29) is 6.04 Å². The Balaban J connectivity index is 1.73. The highest BCUT2D eigenvalue weighted by Gasteiger charge is 2.07. The Morgan fingerprint density at radius 2 is 1.50 bits per heavy atom. The molecule has 0 saturated heterocycles. The van der Waals surface area contributed by atoms with E-state index in [9.17, 15) is 0 Å². The second-order valence-electron chi connectivity index (χ2n) is 4.84. The van der Waals surface area contributed by atoms with Gasteiger partial charge in [0.1, 0.15) is 0 Å². The number of hydrogen-bond acceptors (Lipinski definition) is 2. The van der Waals surface area contributed by atoms with Crippen LogP contribution >= 0.6 is 11.8 Å². The molecule has 0 bridgehead atoms. The zero-order valence-corrected chi connectivity index (χ0v) is 12.0. The van der Waals surface area contributed by atoms with Crippen molar-refractivity contribution in [1.82, 2.24) is 0 Å². The van der Waals surface area contributed by atoms with Gasteiger partial charge in [0.25, 0.3) is 0 Å². The number of thioether (sulfide) groups is 1. The van der Waals surface area contributed by atoms with E-state index in [1.54, 1.807) is 11.8 Å². The second-order valence-corrected chi connectivity index (χ2v) is 5.93. The summed E-state index contributed by atoms with van der Waals surface area (Å²) in [5.41, 5.74) is 7.51. The van der Waals surface area contributed by atoms with Gasteiger partial charge in [0.05, 0.1) is 0 Å². The van der Waals surface area contributed by atoms with Gasteiger partial charge >= 0.3 is 0 Å². The standard InChI is InChI=1S/C18H17NS/c19-18(13-20-17-8-2-1-3-9-17)16-11-10-14-6-4-5-7-15(14)12-16/h1-12,18H,13,19H2. The summed E-state index contributed by atoms with van der Waals surface area (Å²) in [5.74, 6) is 0.891. The molecule has 100 valence electrons. The molecule has 2 heteroatoms. The predicted molar refractivity (Wildman–Crippen MR) is 88.0 cm³/mol. The van der Waals surface area contributed by atoms with Crippen LogP contribution in [0.25, 0.3) is 10.8 Å². The van der Waals surface area contributed by atoms with Crippen LogP contribution in [0.4, 0.5) is 0 Å². The van der Waals surface area contributed by atoms with Crippen LogP contribution in [0.3, 0.4) is 0 Å². The predicted octanol–water partition coefficient (Wildman–Crippen LogP) is 4.63. The largest absolute Gasteiger partial charge is 0.323 e. The minimum atomic E-state index is 0.0600. The van der Waals surface area contributed by atoms with Gasteiger partial charge < -0.3 is 5.73 Å². The first-order chi connectivity index (χ1) is 9.83. The lowest BCUT2D eigenvalue weighted by Crippen LogP contribution is -2.12. The van der Waals surface area contributed by atoms with Gasteiger partial charge in [0.2, 0.25) is 0 Å². The molecule has 2 N–H and O–H groups in total. The smallest absolute Gasteiger partial charge is 0.0390 e. The first-order valence-electron chi connectivity index (χ1n) is 6.75. The molecule has 3 rings (SSSR count). The lowest BCUT2D eigenvalue weighted by Gasteiger charge is -2.12. The molecule has 0 amide bonds. The quantitative estimate of drug-likeness (QED) is 0.704. The molecule has 20 heavy (non-hydrogen) atoms. The summed E-state index contributed by atoms with van der Waals surface area (Å²) in [4.78, 5) is 1.27. The van der Waals surface area contributed by atoms with Gasteiger partial charge in [0, 0.05) is 16.7 Å². The average molecular weight is 279 g/mol. The van der Waals surface area contributed by atoms with Gasteiger partial charge in [-0.15, -0.1) is 11.8 Å². The fourth-order valence-electron chi connectivity index (χ4n) is 2.24. The second kappa shape index (κ2) is 6.12. The number of benzene rings is 3.